The molecule has 0 aromatic heterocycles. The molecule has 3 nitrogen and oxygen atoms in total. The van der Waals surface area contributed by atoms with E-state index in [1.54, 1.807) is 0 Å². The van der Waals surface area contributed by atoms with Crippen LogP contribution in [0.15, 0.2) is 5.16 Å². The highest BCUT2D eigenvalue weighted by atomic mass is 16.6. The van der Waals surface area contributed by atoms with E-state index in [9.17, 15) is 0 Å². The number of rotatable bonds is 6. The summed E-state index contributed by atoms with van der Waals surface area (Å²) in [7, 11) is 0. The first kappa shape index (κ1) is 13.5. The molecule has 1 fully saturated rings. The first-order chi connectivity index (χ1) is 7.70. The maximum atomic E-state index is 5.27. The smallest absolute Gasteiger partial charge is 0.129 e. The summed E-state index contributed by atoms with van der Waals surface area (Å²) in [5.74, 6) is 0.478. The number of hydrogen-bond acceptors (Lipinski definition) is 3. The Morgan fingerprint density at radius 2 is 2.00 bits per heavy atom. The molecule has 16 heavy (non-hydrogen) atoms. The number of nitrogens with zero attached hydrogens (tertiary/aromatic N) is 1. The Morgan fingerprint density at radius 1 is 1.31 bits per heavy atom. The van der Waals surface area contributed by atoms with Crippen molar-refractivity contribution in [1.29, 1.82) is 0 Å². The van der Waals surface area contributed by atoms with Gasteiger partial charge in [0.25, 0.3) is 0 Å². The molecule has 0 unspecified atom stereocenters. The monoisotopic (exact) mass is 226 g/mol. The van der Waals surface area contributed by atoms with Crippen LogP contribution >= 0.6 is 0 Å². The maximum Gasteiger partial charge on any atom is 0.129 e. The van der Waals surface area contributed by atoms with Crippen molar-refractivity contribution in [2.45, 2.75) is 58.9 Å². The standard InChI is InChI=1S/C13H26N2O/c1-11(2)12(3)15-16-10-9-14-13-7-5-4-6-8-13/h11,13-14H,4-10H2,1-3H3/b15-12-. The van der Waals surface area contributed by atoms with Gasteiger partial charge < -0.3 is 10.2 Å². The van der Waals surface area contributed by atoms with Gasteiger partial charge in [-0.3, -0.25) is 0 Å². The summed E-state index contributed by atoms with van der Waals surface area (Å²) in [4.78, 5) is 5.27. The Morgan fingerprint density at radius 3 is 2.62 bits per heavy atom. The molecule has 94 valence electrons. The summed E-state index contributed by atoms with van der Waals surface area (Å²) < 4.78 is 0. The lowest BCUT2D eigenvalue weighted by Gasteiger charge is -2.22. The molecule has 0 heterocycles. The molecule has 0 saturated heterocycles. The minimum absolute atomic E-state index is 0.478. The molecular formula is C13H26N2O. The molecule has 0 amide bonds. The van der Waals surface area contributed by atoms with Gasteiger partial charge >= 0.3 is 0 Å². The van der Waals surface area contributed by atoms with Gasteiger partial charge in [0.15, 0.2) is 0 Å². The summed E-state index contributed by atoms with van der Waals surface area (Å²) in [6.07, 6.45) is 6.82. The van der Waals surface area contributed by atoms with Gasteiger partial charge in [-0.2, -0.15) is 0 Å². The predicted octanol–water partition coefficient (Wildman–Crippen LogP) is 2.96. The molecule has 0 bridgehead atoms. The quantitative estimate of drug-likeness (QED) is 0.429. The number of hydrogen-bond donors (Lipinski definition) is 1. The molecule has 1 N–H and O–H groups in total. The molecule has 3 heteroatoms. The van der Waals surface area contributed by atoms with Crippen LogP contribution in [0.3, 0.4) is 0 Å². The molecule has 1 saturated carbocycles. The third kappa shape index (κ3) is 5.50. The van der Waals surface area contributed by atoms with E-state index < -0.39 is 0 Å². The average Bonchev–Trinajstić information content (AvgIpc) is 2.29. The summed E-state index contributed by atoms with van der Waals surface area (Å²) in [5, 5.41) is 7.61. The van der Waals surface area contributed by atoms with E-state index >= 15 is 0 Å². The minimum Gasteiger partial charge on any atom is -0.394 e. The fourth-order valence-electron chi connectivity index (χ4n) is 1.87. The number of oxime groups is 1. The highest BCUT2D eigenvalue weighted by Crippen LogP contribution is 2.16. The van der Waals surface area contributed by atoms with Gasteiger partial charge in [0, 0.05) is 12.6 Å². The van der Waals surface area contributed by atoms with E-state index in [1.165, 1.54) is 32.1 Å². The van der Waals surface area contributed by atoms with E-state index in [2.05, 4.69) is 24.3 Å². The van der Waals surface area contributed by atoms with Gasteiger partial charge in [-0.25, -0.2) is 0 Å². The Hall–Kier alpha value is -0.570. The van der Waals surface area contributed by atoms with Crippen LogP contribution in [0.25, 0.3) is 0 Å². The molecule has 0 spiro atoms. The summed E-state index contributed by atoms with van der Waals surface area (Å²) >= 11 is 0. The van der Waals surface area contributed by atoms with Crippen molar-refractivity contribution in [2.75, 3.05) is 13.2 Å². The fourth-order valence-corrected chi connectivity index (χ4v) is 1.87. The van der Waals surface area contributed by atoms with Crippen LogP contribution < -0.4 is 5.32 Å². The largest absolute Gasteiger partial charge is 0.394 e. The van der Waals surface area contributed by atoms with Crippen molar-refractivity contribution in [3.63, 3.8) is 0 Å². The zero-order valence-corrected chi connectivity index (χ0v) is 11.0. The first-order valence-corrected chi connectivity index (χ1v) is 6.60. The van der Waals surface area contributed by atoms with Crippen molar-refractivity contribution < 1.29 is 4.84 Å². The molecule has 1 aliphatic rings. The fraction of sp³-hybridized carbons (Fsp3) is 0.923. The van der Waals surface area contributed by atoms with Crippen LogP contribution in [0.2, 0.25) is 0 Å². The Balaban J connectivity index is 2.01. The van der Waals surface area contributed by atoms with Crippen LogP contribution in [0, 0.1) is 5.92 Å². The van der Waals surface area contributed by atoms with Gasteiger partial charge in [0.2, 0.25) is 0 Å². The van der Waals surface area contributed by atoms with E-state index in [0.717, 1.165) is 12.3 Å². The third-order valence-electron chi connectivity index (χ3n) is 3.28. The lowest BCUT2D eigenvalue weighted by molar-refractivity contribution is 0.140. The Kier molecular flexibility index (Phi) is 6.46. The van der Waals surface area contributed by atoms with Crippen LogP contribution in [0.5, 0.6) is 0 Å². The highest BCUT2D eigenvalue weighted by Gasteiger charge is 2.11. The van der Waals surface area contributed by atoms with Gasteiger partial charge in [-0.1, -0.05) is 38.3 Å². The van der Waals surface area contributed by atoms with Gasteiger partial charge in [0.05, 0.1) is 5.71 Å². The summed E-state index contributed by atoms with van der Waals surface area (Å²) in [5.41, 5.74) is 1.07. The van der Waals surface area contributed by atoms with Crippen LogP contribution in [0.4, 0.5) is 0 Å². The predicted molar refractivity (Wildman–Crippen MR) is 68.8 cm³/mol. The molecule has 0 aliphatic heterocycles. The zero-order chi connectivity index (χ0) is 11.8. The second-order valence-electron chi connectivity index (χ2n) is 5.01. The molecule has 0 atom stereocenters. The lowest BCUT2D eigenvalue weighted by atomic mass is 9.96. The molecule has 1 rings (SSSR count). The second kappa shape index (κ2) is 7.66. The van der Waals surface area contributed by atoms with E-state index in [4.69, 9.17) is 4.84 Å². The molecule has 0 aromatic carbocycles. The third-order valence-corrected chi connectivity index (χ3v) is 3.28. The van der Waals surface area contributed by atoms with Gasteiger partial charge in [-0.05, 0) is 25.7 Å². The topological polar surface area (TPSA) is 33.6 Å². The van der Waals surface area contributed by atoms with E-state index in [1.807, 2.05) is 6.92 Å². The summed E-state index contributed by atoms with van der Waals surface area (Å²) in [6, 6.07) is 0.715. The Bertz CT molecular complexity index is 208. The lowest BCUT2D eigenvalue weighted by Crippen LogP contribution is -2.33. The van der Waals surface area contributed by atoms with Crippen molar-refractivity contribution in [3.8, 4) is 0 Å². The molecule has 0 radical (unpaired) electrons. The normalized spacial score (nSPS) is 19.1. The van der Waals surface area contributed by atoms with Crippen molar-refractivity contribution in [1.82, 2.24) is 5.32 Å². The number of nitrogens with one attached hydrogen (secondary N) is 1. The zero-order valence-electron chi connectivity index (χ0n) is 11.0. The maximum absolute atomic E-state index is 5.27. The van der Waals surface area contributed by atoms with Crippen molar-refractivity contribution in [2.24, 2.45) is 11.1 Å². The molecule has 1 aliphatic carbocycles. The second-order valence-corrected chi connectivity index (χ2v) is 5.01. The van der Waals surface area contributed by atoms with Crippen molar-refractivity contribution >= 4 is 5.71 Å². The molecular weight excluding hydrogens is 200 g/mol. The van der Waals surface area contributed by atoms with Gasteiger partial charge in [0.1, 0.15) is 6.61 Å². The highest BCUT2D eigenvalue weighted by molar-refractivity contribution is 5.83. The SMILES string of the molecule is C/C(=N/OCCNC1CCCCC1)C(C)C. The molecule has 0 aromatic rings. The van der Waals surface area contributed by atoms with Crippen LogP contribution in [-0.4, -0.2) is 24.9 Å². The van der Waals surface area contributed by atoms with E-state index in [-0.39, 0.29) is 0 Å². The van der Waals surface area contributed by atoms with Crippen LogP contribution in [-0.2, 0) is 4.84 Å². The minimum atomic E-state index is 0.478. The van der Waals surface area contributed by atoms with Crippen LogP contribution in [0.1, 0.15) is 52.9 Å². The average molecular weight is 226 g/mol. The van der Waals surface area contributed by atoms with Gasteiger partial charge in [-0.15, -0.1) is 0 Å². The van der Waals surface area contributed by atoms with E-state index in [0.29, 0.717) is 18.6 Å². The Labute approximate surface area is 99.6 Å². The van der Waals surface area contributed by atoms with Crippen molar-refractivity contribution in [3.05, 3.63) is 0 Å². The summed E-state index contributed by atoms with van der Waals surface area (Å²) in [6.45, 7) is 7.87. The first-order valence-electron chi connectivity index (χ1n) is 6.60.